The second-order valence-corrected chi connectivity index (χ2v) is 11.5. The molecule has 2 aliphatic rings. The molecule has 2 fully saturated rings. The molecule has 4 rings (SSSR count). The first-order chi connectivity index (χ1) is 16.5. The number of hydrogen-bond donors (Lipinski definition) is 2. The maximum atomic E-state index is 13.6. The maximum Gasteiger partial charge on any atom is 0.254 e. The van der Waals surface area contributed by atoms with Crippen molar-refractivity contribution in [1.82, 2.24) is 5.32 Å². The first kappa shape index (κ1) is 25.4. The largest absolute Gasteiger partial charge is 0.385 e. The number of nitrogens with one attached hydrogen (secondary N) is 1. The van der Waals surface area contributed by atoms with Gasteiger partial charge in [0.2, 0.25) is 6.04 Å². The third-order valence-electron chi connectivity index (χ3n) is 8.08. The van der Waals surface area contributed by atoms with Gasteiger partial charge in [-0.2, -0.15) is 10.2 Å². The van der Waals surface area contributed by atoms with Crippen LogP contribution < -0.4 is 11.1 Å². The first-order valence-corrected chi connectivity index (χ1v) is 12.7. The molecule has 1 amide bonds. The summed E-state index contributed by atoms with van der Waals surface area (Å²) in [5.41, 5.74) is 10.2. The van der Waals surface area contributed by atoms with E-state index in [0.29, 0.717) is 23.2 Å². The van der Waals surface area contributed by atoms with E-state index in [1.54, 1.807) is 12.1 Å². The summed E-state index contributed by atoms with van der Waals surface area (Å²) in [6.45, 7) is 11.1. The fourth-order valence-corrected chi connectivity index (χ4v) is 6.02. The van der Waals surface area contributed by atoms with Gasteiger partial charge in [-0.25, -0.2) is 0 Å². The number of hydrogen-bond acceptors (Lipinski definition) is 4. The number of halogens is 1. The summed E-state index contributed by atoms with van der Waals surface area (Å²) < 4.78 is 0. The van der Waals surface area contributed by atoms with Crippen LogP contribution in [0.3, 0.4) is 0 Å². The minimum Gasteiger partial charge on any atom is -0.385 e. The van der Waals surface area contributed by atoms with Crippen LogP contribution in [-0.2, 0) is 11.3 Å². The van der Waals surface area contributed by atoms with Gasteiger partial charge in [0.05, 0.1) is 12.2 Å². The Kier molecular flexibility index (Phi) is 7.05. The molecule has 6 nitrogen and oxygen atoms in total. The van der Waals surface area contributed by atoms with Crippen LogP contribution >= 0.6 is 11.6 Å². The van der Waals surface area contributed by atoms with Crippen molar-refractivity contribution < 1.29 is 4.79 Å². The Labute approximate surface area is 213 Å². The van der Waals surface area contributed by atoms with Gasteiger partial charge in [0, 0.05) is 11.1 Å². The lowest BCUT2D eigenvalue weighted by Crippen LogP contribution is -2.56. The Bertz CT molecular complexity index is 1150. The molecular formula is C28H36ClN5O. The molecule has 0 saturated heterocycles. The number of carbonyl (C=O) groups excluding carboxylic acids is 1. The highest BCUT2D eigenvalue weighted by Crippen LogP contribution is 2.62. The molecule has 7 heteroatoms. The lowest BCUT2D eigenvalue weighted by Gasteiger charge is -2.43. The van der Waals surface area contributed by atoms with Crippen LogP contribution in [0.4, 0.5) is 5.69 Å². The van der Waals surface area contributed by atoms with Crippen LogP contribution in [0.5, 0.6) is 0 Å². The lowest BCUT2D eigenvalue weighted by atomic mass is 9.68. The Balaban J connectivity index is 1.59. The van der Waals surface area contributed by atoms with Crippen molar-refractivity contribution >= 4 is 29.0 Å². The first-order valence-electron chi connectivity index (χ1n) is 12.3. The topological polar surface area (TPSA) is 92.2 Å². The third-order valence-corrected chi connectivity index (χ3v) is 8.50. The number of nitrogens with two attached hydrogens (primary N) is 1. The summed E-state index contributed by atoms with van der Waals surface area (Å²) in [6.07, 6.45) is 3.48. The average molecular weight is 494 g/mol. The number of nitrogens with zero attached hydrogens (tertiary/aromatic N) is 3. The highest BCUT2D eigenvalue weighted by atomic mass is 35.5. The van der Waals surface area contributed by atoms with Gasteiger partial charge in [-0.05, 0) is 79.2 Å². The van der Waals surface area contributed by atoms with Crippen molar-refractivity contribution in [3.63, 3.8) is 0 Å². The van der Waals surface area contributed by atoms with Crippen LogP contribution in [0.25, 0.3) is 0 Å². The van der Waals surface area contributed by atoms with Crippen LogP contribution in [0.15, 0.2) is 57.7 Å². The van der Waals surface area contributed by atoms with E-state index >= 15 is 0 Å². The van der Waals surface area contributed by atoms with Gasteiger partial charge in [-0.3, -0.25) is 9.79 Å². The molecule has 2 aromatic carbocycles. The number of azo groups is 1. The van der Waals surface area contributed by atoms with Crippen molar-refractivity contribution in [1.29, 1.82) is 0 Å². The van der Waals surface area contributed by atoms with E-state index in [-0.39, 0.29) is 28.6 Å². The molecular weight excluding hydrogens is 458 g/mol. The molecule has 2 bridgehead atoms. The summed E-state index contributed by atoms with van der Waals surface area (Å²) >= 11 is 6.14. The number of amides is 1. The van der Waals surface area contributed by atoms with Crippen molar-refractivity contribution in [2.75, 3.05) is 0 Å². The van der Waals surface area contributed by atoms with Crippen LogP contribution in [0, 0.1) is 30.6 Å². The summed E-state index contributed by atoms with van der Waals surface area (Å²) in [4.78, 5) is 18.1. The third kappa shape index (κ3) is 5.27. The van der Waals surface area contributed by atoms with Crippen LogP contribution in [-0.4, -0.2) is 23.8 Å². The quantitative estimate of drug-likeness (QED) is 0.269. The van der Waals surface area contributed by atoms with Crippen molar-refractivity contribution in [2.45, 2.75) is 72.5 Å². The highest BCUT2D eigenvalue weighted by Gasteiger charge is 2.60. The predicted octanol–water partition coefficient (Wildman–Crippen LogP) is 6.30. The molecule has 2 saturated carbocycles. The van der Waals surface area contributed by atoms with E-state index in [1.165, 1.54) is 12.0 Å². The molecule has 186 valence electrons. The number of benzene rings is 2. The minimum atomic E-state index is -1.00. The number of aliphatic imine (C=N–C) groups is 1. The lowest BCUT2D eigenvalue weighted by molar-refractivity contribution is -0.123. The van der Waals surface area contributed by atoms with Crippen molar-refractivity contribution in [3.8, 4) is 0 Å². The van der Waals surface area contributed by atoms with Crippen LogP contribution in [0.1, 0.15) is 56.7 Å². The molecule has 2 aromatic rings. The molecule has 0 spiro atoms. The van der Waals surface area contributed by atoms with Gasteiger partial charge in [-0.1, -0.05) is 62.2 Å². The summed E-state index contributed by atoms with van der Waals surface area (Å²) in [5, 5.41) is 12.7. The molecule has 0 radical (unpaired) electrons. The number of rotatable bonds is 7. The number of fused-ring (bicyclic) bond motifs is 2. The number of amidine groups is 1. The normalized spacial score (nSPS) is 26.3. The SMILES string of the molecule is Cc1ccc(CN=C(N)C(N=Nc2ccc(Cl)c(C)c2)C(=O)NC2C3(C)CCC(C3)C2(C)C)cc1. The second-order valence-electron chi connectivity index (χ2n) is 11.1. The summed E-state index contributed by atoms with van der Waals surface area (Å²) in [7, 11) is 0. The highest BCUT2D eigenvalue weighted by molar-refractivity contribution is 6.31. The van der Waals surface area contributed by atoms with Crippen molar-refractivity contribution in [2.24, 2.45) is 37.7 Å². The van der Waals surface area contributed by atoms with E-state index in [4.69, 9.17) is 17.3 Å². The van der Waals surface area contributed by atoms with E-state index < -0.39 is 6.04 Å². The van der Waals surface area contributed by atoms with E-state index in [9.17, 15) is 4.79 Å². The predicted molar refractivity (Wildman–Crippen MR) is 142 cm³/mol. The summed E-state index contributed by atoms with van der Waals surface area (Å²) in [5.74, 6) is 0.516. The van der Waals surface area contributed by atoms with E-state index in [0.717, 1.165) is 24.0 Å². The molecule has 4 atom stereocenters. The van der Waals surface area contributed by atoms with Gasteiger partial charge in [-0.15, -0.1) is 0 Å². The van der Waals surface area contributed by atoms with Crippen molar-refractivity contribution in [3.05, 3.63) is 64.2 Å². The molecule has 3 N–H and O–H groups in total. The Morgan fingerprint density at radius 1 is 1.17 bits per heavy atom. The summed E-state index contributed by atoms with van der Waals surface area (Å²) in [6, 6.07) is 12.5. The molecule has 0 aliphatic heterocycles. The fraction of sp³-hybridized carbons (Fsp3) is 0.500. The van der Waals surface area contributed by atoms with E-state index in [2.05, 4.69) is 41.3 Å². The Hall–Kier alpha value is -2.73. The van der Waals surface area contributed by atoms with Gasteiger partial charge >= 0.3 is 0 Å². The zero-order valence-electron chi connectivity index (χ0n) is 21.3. The average Bonchev–Trinajstić information content (AvgIpc) is 3.29. The monoisotopic (exact) mass is 493 g/mol. The Morgan fingerprint density at radius 3 is 2.51 bits per heavy atom. The second kappa shape index (κ2) is 9.73. The molecule has 0 aromatic heterocycles. The fourth-order valence-electron chi connectivity index (χ4n) is 5.91. The maximum absolute atomic E-state index is 13.6. The number of aryl methyl sites for hydroxylation is 2. The minimum absolute atomic E-state index is 0.0193. The van der Waals surface area contributed by atoms with E-state index in [1.807, 2.05) is 44.2 Å². The zero-order valence-corrected chi connectivity index (χ0v) is 22.1. The Morgan fingerprint density at radius 2 is 1.89 bits per heavy atom. The molecule has 35 heavy (non-hydrogen) atoms. The molecule has 0 heterocycles. The van der Waals surface area contributed by atoms with Gasteiger partial charge < -0.3 is 11.1 Å². The molecule has 2 aliphatic carbocycles. The van der Waals surface area contributed by atoms with Gasteiger partial charge in [0.25, 0.3) is 5.91 Å². The molecule has 4 unspecified atom stereocenters. The van der Waals surface area contributed by atoms with Gasteiger partial charge in [0.1, 0.15) is 5.84 Å². The number of carbonyl (C=O) groups is 1. The smallest absolute Gasteiger partial charge is 0.254 e. The van der Waals surface area contributed by atoms with Gasteiger partial charge in [0.15, 0.2) is 0 Å². The van der Waals surface area contributed by atoms with Crippen LogP contribution in [0.2, 0.25) is 5.02 Å². The zero-order chi connectivity index (χ0) is 25.4. The standard InChI is InChI=1S/C28H36ClN5O/c1-17-6-8-19(9-7-17)16-31-24(30)23(34-33-21-10-11-22(29)18(2)14-21)25(35)32-26-27(3,4)20-12-13-28(26,5)15-20/h6-11,14,20,23,26H,12-13,15-16H2,1-5H3,(H2,30,31)(H,32,35).